The zero-order valence-electron chi connectivity index (χ0n) is 15.2. The van der Waals surface area contributed by atoms with E-state index in [1.807, 2.05) is 0 Å². The number of amides is 1. The van der Waals surface area contributed by atoms with Crippen LogP contribution in [0.2, 0.25) is 0 Å². The third-order valence-electron chi connectivity index (χ3n) is 3.98. The summed E-state index contributed by atoms with van der Waals surface area (Å²) in [5, 5.41) is 2.79. The number of para-hydroxylation sites is 1. The van der Waals surface area contributed by atoms with Crippen molar-refractivity contribution in [3.8, 4) is 17.2 Å². The molecule has 0 spiro atoms. The average molecular weight is 395 g/mol. The molecule has 0 saturated carbocycles. The van der Waals surface area contributed by atoms with Gasteiger partial charge in [-0.1, -0.05) is 12.1 Å². The van der Waals surface area contributed by atoms with Crippen LogP contribution in [0.4, 0.5) is 14.5 Å². The highest BCUT2D eigenvalue weighted by molar-refractivity contribution is 6.06. The summed E-state index contributed by atoms with van der Waals surface area (Å²) in [4.78, 5) is 21.1. The SMILES string of the molecule is CC(F)(F)Oc1ccc(C(=O)Nc2ccccc2-c2nc3ncccc3o2)cc1. The highest BCUT2D eigenvalue weighted by Gasteiger charge is 2.23. The molecular formula is C21H15F2N3O3. The summed E-state index contributed by atoms with van der Waals surface area (Å²) >= 11 is 0. The monoisotopic (exact) mass is 395 g/mol. The summed E-state index contributed by atoms with van der Waals surface area (Å²) in [7, 11) is 0. The van der Waals surface area contributed by atoms with Gasteiger partial charge in [0.15, 0.2) is 11.2 Å². The van der Waals surface area contributed by atoms with E-state index in [0.717, 1.165) is 0 Å². The molecule has 0 atom stereocenters. The minimum Gasteiger partial charge on any atom is -0.434 e. The lowest BCUT2D eigenvalue weighted by atomic mass is 10.1. The Morgan fingerprint density at radius 3 is 2.55 bits per heavy atom. The third-order valence-corrected chi connectivity index (χ3v) is 3.98. The van der Waals surface area contributed by atoms with Gasteiger partial charge in [-0.3, -0.25) is 4.79 Å². The molecule has 6 nitrogen and oxygen atoms in total. The van der Waals surface area contributed by atoms with Crippen molar-refractivity contribution in [2.45, 2.75) is 13.0 Å². The lowest BCUT2D eigenvalue weighted by molar-refractivity contribution is -0.158. The molecule has 1 N–H and O–H groups in total. The molecule has 4 aromatic rings. The summed E-state index contributed by atoms with van der Waals surface area (Å²) in [5.41, 5.74) is 2.36. The van der Waals surface area contributed by atoms with Crippen LogP contribution in [0.3, 0.4) is 0 Å². The van der Waals surface area contributed by atoms with Crippen LogP contribution in [0.25, 0.3) is 22.7 Å². The summed E-state index contributed by atoms with van der Waals surface area (Å²) in [6, 6.07) is 16.0. The van der Waals surface area contributed by atoms with E-state index in [9.17, 15) is 13.6 Å². The van der Waals surface area contributed by atoms with Crippen LogP contribution in [-0.2, 0) is 0 Å². The zero-order valence-corrected chi connectivity index (χ0v) is 15.2. The Labute approximate surface area is 164 Å². The van der Waals surface area contributed by atoms with Crippen LogP contribution >= 0.6 is 0 Å². The first-order valence-corrected chi connectivity index (χ1v) is 8.68. The van der Waals surface area contributed by atoms with Crippen molar-refractivity contribution >= 4 is 22.8 Å². The van der Waals surface area contributed by atoms with Crippen LogP contribution < -0.4 is 10.1 Å². The number of alkyl halides is 2. The van der Waals surface area contributed by atoms with Gasteiger partial charge in [-0.15, -0.1) is 0 Å². The molecule has 0 unspecified atom stereocenters. The number of hydrogen-bond acceptors (Lipinski definition) is 5. The molecule has 1 amide bonds. The van der Waals surface area contributed by atoms with Crippen LogP contribution in [0.15, 0.2) is 71.3 Å². The van der Waals surface area contributed by atoms with Crippen molar-refractivity contribution in [3.05, 3.63) is 72.4 Å². The van der Waals surface area contributed by atoms with E-state index in [4.69, 9.17) is 4.42 Å². The second-order valence-electron chi connectivity index (χ2n) is 6.28. The van der Waals surface area contributed by atoms with E-state index in [0.29, 0.717) is 35.3 Å². The maximum atomic E-state index is 12.9. The molecule has 0 bridgehead atoms. The topological polar surface area (TPSA) is 77.2 Å². The van der Waals surface area contributed by atoms with Gasteiger partial charge in [0, 0.05) is 18.7 Å². The van der Waals surface area contributed by atoms with Gasteiger partial charge in [0.2, 0.25) is 5.89 Å². The van der Waals surface area contributed by atoms with Crippen molar-refractivity contribution in [1.29, 1.82) is 0 Å². The number of aromatic nitrogens is 2. The Hall–Kier alpha value is -3.81. The molecule has 146 valence electrons. The predicted molar refractivity (Wildman–Crippen MR) is 103 cm³/mol. The zero-order chi connectivity index (χ0) is 20.4. The molecule has 29 heavy (non-hydrogen) atoms. The lowest BCUT2D eigenvalue weighted by Gasteiger charge is -2.13. The smallest absolute Gasteiger partial charge is 0.394 e. The number of nitrogens with one attached hydrogen (secondary N) is 1. The normalized spacial score (nSPS) is 11.4. The fourth-order valence-corrected chi connectivity index (χ4v) is 2.74. The molecular weight excluding hydrogens is 380 g/mol. The first kappa shape index (κ1) is 18.5. The molecule has 4 rings (SSSR count). The molecule has 0 saturated heterocycles. The maximum absolute atomic E-state index is 12.9. The van der Waals surface area contributed by atoms with E-state index in [1.165, 1.54) is 24.3 Å². The van der Waals surface area contributed by atoms with Crippen molar-refractivity contribution in [2.75, 3.05) is 5.32 Å². The van der Waals surface area contributed by atoms with Crippen molar-refractivity contribution < 1.29 is 22.7 Å². The molecule has 0 radical (unpaired) electrons. The molecule has 0 aliphatic heterocycles. The molecule has 0 fully saturated rings. The first-order valence-electron chi connectivity index (χ1n) is 8.68. The number of nitrogens with zero attached hydrogens (tertiary/aromatic N) is 2. The summed E-state index contributed by atoms with van der Waals surface area (Å²) in [6.07, 6.45) is -1.68. The van der Waals surface area contributed by atoms with Crippen LogP contribution in [0, 0.1) is 0 Å². The number of carbonyl (C=O) groups is 1. The number of rotatable bonds is 5. The Kier molecular flexibility index (Phi) is 4.67. The fraction of sp³-hybridized carbons (Fsp3) is 0.0952. The number of halogens is 2. The fourth-order valence-electron chi connectivity index (χ4n) is 2.74. The minimum atomic E-state index is -3.29. The molecule has 8 heteroatoms. The van der Waals surface area contributed by atoms with Crippen molar-refractivity contribution in [3.63, 3.8) is 0 Å². The van der Waals surface area contributed by atoms with E-state index in [2.05, 4.69) is 20.0 Å². The number of ether oxygens (including phenoxy) is 1. The van der Waals surface area contributed by atoms with E-state index in [1.54, 1.807) is 42.6 Å². The molecule has 0 aliphatic carbocycles. The first-order chi connectivity index (χ1) is 13.9. The molecule has 0 aliphatic rings. The van der Waals surface area contributed by atoms with Crippen LogP contribution in [-0.4, -0.2) is 22.0 Å². The molecule has 2 heterocycles. The largest absolute Gasteiger partial charge is 0.434 e. The van der Waals surface area contributed by atoms with Crippen LogP contribution in [0.1, 0.15) is 17.3 Å². The van der Waals surface area contributed by atoms with E-state index < -0.39 is 12.0 Å². The lowest BCUT2D eigenvalue weighted by Crippen LogP contribution is -2.19. The van der Waals surface area contributed by atoms with E-state index >= 15 is 0 Å². The number of anilines is 1. The average Bonchev–Trinajstić information content (AvgIpc) is 3.11. The quantitative estimate of drug-likeness (QED) is 0.507. The summed E-state index contributed by atoms with van der Waals surface area (Å²) < 4.78 is 36.0. The summed E-state index contributed by atoms with van der Waals surface area (Å²) in [5.74, 6) is -0.126. The standard InChI is InChI=1S/C21H15F2N3O3/c1-21(22,23)29-14-10-8-13(9-11-14)19(27)25-16-6-3-2-5-15(16)20-26-18-17(28-20)7-4-12-24-18/h2-12H,1H3,(H,25,27). The highest BCUT2D eigenvalue weighted by Crippen LogP contribution is 2.30. The molecule has 2 aromatic heterocycles. The van der Waals surface area contributed by atoms with Gasteiger partial charge in [0.1, 0.15) is 5.75 Å². The van der Waals surface area contributed by atoms with Gasteiger partial charge >= 0.3 is 6.11 Å². The van der Waals surface area contributed by atoms with Gasteiger partial charge < -0.3 is 14.5 Å². The second-order valence-corrected chi connectivity index (χ2v) is 6.28. The maximum Gasteiger partial charge on any atom is 0.394 e. The van der Waals surface area contributed by atoms with Crippen molar-refractivity contribution in [1.82, 2.24) is 9.97 Å². The van der Waals surface area contributed by atoms with Gasteiger partial charge in [0.05, 0.1) is 11.3 Å². The van der Waals surface area contributed by atoms with Gasteiger partial charge in [0.25, 0.3) is 5.91 Å². The van der Waals surface area contributed by atoms with E-state index in [-0.39, 0.29) is 11.3 Å². The van der Waals surface area contributed by atoms with Crippen molar-refractivity contribution in [2.24, 2.45) is 0 Å². The highest BCUT2D eigenvalue weighted by atomic mass is 19.3. The number of hydrogen-bond donors (Lipinski definition) is 1. The Morgan fingerprint density at radius 1 is 1.07 bits per heavy atom. The Morgan fingerprint density at radius 2 is 1.83 bits per heavy atom. The number of fused-ring (bicyclic) bond motifs is 1. The number of pyridine rings is 1. The number of oxazole rings is 1. The second kappa shape index (κ2) is 7.31. The summed E-state index contributed by atoms with van der Waals surface area (Å²) in [6.45, 7) is 0.645. The number of carbonyl (C=O) groups excluding carboxylic acids is 1. The van der Waals surface area contributed by atoms with Gasteiger partial charge in [-0.05, 0) is 48.5 Å². The minimum absolute atomic E-state index is 0.0339. The number of benzene rings is 2. The Bertz CT molecular complexity index is 1130. The van der Waals surface area contributed by atoms with Gasteiger partial charge in [-0.2, -0.15) is 13.8 Å². The Balaban J connectivity index is 1.58. The van der Waals surface area contributed by atoms with Crippen LogP contribution in [0.5, 0.6) is 5.75 Å². The third kappa shape index (κ3) is 4.21. The predicted octanol–water partition coefficient (Wildman–Crippen LogP) is 5.13. The van der Waals surface area contributed by atoms with Gasteiger partial charge in [-0.25, -0.2) is 4.98 Å². The molecule has 2 aromatic carbocycles.